The van der Waals surface area contributed by atoms with Gasteiger partial charge in [-0.1, -0.05) is 18.2 Å². The molecule has 5 nitrogen and oxygen atoms in total. The molecule has 27 heavy (non-hydrogen) atoms. The Morgan fingerprint density at radius 3 is 2.67 bits per heavy atom. The van der Waals surface area contributed by atoms with Crippen molar-refractivity contribution in [1.82, 2.24) is 15.1 Å². The van der Waals surface area contributed by atoms with Gasteiger partial charge in [0, 0.05) is 54.6 Å². The molecule has 2 fully saturated rings. The van der Waals surface area contributed by atoms with Crippen molar-refractivity contribution < 1.29 is 14.3 Å². The summed E-state index contributed by atoms with van der Waals surface area (Å²) in [7, 11) is 0. The maximum atomic E-state index is 14.0. The number of aliphatic hydroxyl groups excluding tert-OH is 1. The maximum Gasteiger partial charge on any atom is 0.239 e. The van der Waals surface area contributed by atoms with Gasteiger partial charge in [0.2, 0.25) is 5.91 Å². The number of nitrogens with zero attached hydrogens (tertiary/aromatic N) is 2. The van der Waals surface area contributed by atoms with Gasteiger partial charge in [0.05, 0.1) is 12.1 Å². The van der Waals surface area contributed by atoms with E-state index in [2.05, 4.69) is 16.3 Å². The van der Waals surface area contributed by atoms with Crippen molar-refractivity contribution in [3.63, 3.8) is 0 Å². The van der Waals surface area contributed by atoms with Gasteiger partial charge in [-0.05, 0) is 24.6 Å². The Morgan fingerprint density at radius 1 is 1.19 bits per heavy atom. The number of nitrogens with one attached hydrogen (secondary N) is 1. The minimum atomic E-state index is -0.414. The summed E-state index contributed by atoms with van der Waals surface area (Å²) in [5, 5.41) is 12.7. The number of halogens is 1. The molecule has 1 amide bonds. The van der Waals surface area contributed by atoms with E-state index in [1.54, 1.807) is 17.4 Å². The Kier molecular flexibility index (Phi) is 5.54. The summed E-state index contributed by atoms with van der Waals surface area (Å²) >= 11 is 1.62. The van der Waals surface area contributed by atoms with Crippen LogP contribution >= 0.6 is 11.3 Å². The Hall–Kier alpha value is -1.80. The normalized spacial score (nSPS) is 23.7. The van der Waals surface area contributed by atoms with Crippen molar-refractivity contribution in [2.75, 3.05) is 32.7 Å². The number of aliphatic hydroxyl groups is 1. The van der Waals surface area contributed by atoms with Crippen LogP contribution in [0.25, 0.3) is 10.4 Å². The lowest BCUT2D eigenvalue weighted by Crippen LogP contribution is -2.52. The summed E-state index contributed by atoms with van der Waals surface area (Å²) in [5.41, 5.74) is 0.649. The second-order valence-corrected chi connectivity index (χ2v) is 8.37. The molecule has 144 valence electrons. The van der Waals surface area contributed by atoms with Crippen molar-refractivity contribution in [2.24, 2.45) is 0 Å². The number of piperazine rings is 1. The molecule has 4 rings (SSSR count). The SMILES string of the molecule is O=C([C@H]1C[C@@H](O)CN1)N1CCN(Cc2ccc(-c3ccccc3F)s2)CC1. The third-order valence-corrected chi connectivity index (χ3v) is 6.37. The Morgan fingerprint density at radius 2 is 1.96 bits per heavy atom. The first-order valence-electron chi connectivity index (χ1n) is 9.36. The van der Waals surface area contributed by atoms with Crippen LogP contribution in [0.2, 0.25) is 0 Å². The third-order valence-electron chi connectivity index (χ3n) is 5.27. The van der Waals surface area contributed by atoms with Crippen LogP contribution in [-0.4, -0.2) is 65.7 Å². The molecule has 2 atom stereocenters. The van der Waals surface area contributed by atoms with E-state index in [1.807, 2.05) is 23.1 Å². The molecule has 7 heteroatoms. The highest BCUT2D eigenvalue weighted by molar-refractivity contribution is 7.15. The van der Waals surface area contributed by atoms with Crippen molar-refractivity contribution in [2.45, 2.75) is 25.1 Å². The van der Waals surface area contributed by atoms with Crippen LogP contribution in [0.4, 0.5) is 4.39 Å². The Bertz CT molecular complexity index is 804. The number of rotatable bonds is 4. The van der Waals surface area contributed by atoms with Gasteiger partial charge in [0.1, 0.15) is 5.82 Å². The molecule has 0 bridgehead atoms. The molecule has 1 aromatic heterocycles. The Balaban J connectivity index is 1.31. The average Bonchev–Trinajstić information content (AvgIpc) is 3.31. The summed E-state index contributed by atoms with van der Waals surface area (Å²) in [6, 6.07) is 10.7. The van der Waals surface area contributed by atoms with E-state index in [9.17, 15) is 14.3 Å². The highest BCUT2D eigenvalue weighted by Gasteiger charge is 2.32. The summed E-state index contributed by atoms with van der Waals surface area (Å²) in [6.45, 7) is 4.39. The molecule has 2 aliphatic heterocycles. The van der Waals surface area contributed by atoms with Gasteiger partial charge in [-0.2, -0.15) is 0 Å². The number of benzene rings is 1. The van der Waals surface area contributed by atoms with E-state index in [-0.39, 0.29) is 17.8 Å². The molecule has 2 saturated heterocycles. The predicted molar refractivity (Wildman–Crippen MR) is 104 cm³/mol. The third kappa shape index (κ3) is 4.21. The van der Waals surface area contributed by atoms with Crippen LogP contribution in [0.5, 0.6) is 0 Å². The number of carbonyl (C=O) groups excluding carboxylic acids is 1. The number of thiophene rings is 1. The lowest BCUT2D eigenvalue weighted by molar-refractivity contribution is -0.135. The topological polar surface area (TPSA) is 55.8 Å². The quantitative estimate of drug-likeness (QED) is 0.839. The van der Waals surface area contributed by atoms with Gasteiger partial charge >= 0.3 is 0 Å². The molecule has 2 aromatic rings. The molecule has 0 unspecified atom stereocenters. The molecular formula is C20H24FN3O2S. The highest BCUT2D eigenvalue weighted by Crippen LogP contribution is 2.30. The molecule has 2 N–H and O–H groups in total. The first-order chi connectivity index (χ1) is 13.1. The second-order valence-electron chi connectivity index (χ2n) is 7.20. The molecule has 3 heterocycles. The number of hydrogen-bond acceptors (Lipinski definition) is 5. The molecule has 2 aliphatic rings. The lowest BCUT2D eigenvalue weighted by Gasteiger charge is -2.35. The maximum absolute atomic E-state index is 14.0. The minimum absolute atomic E-state index is 0.101. The molecule has 1 aromatic carbocycles. The number of β-amino-alcohol motifs (C(OH)–C–C–N with tert-alkyl or cyclic N) is 1. The number of amides is 1. The smallest absolute Gasteiger partial charge is 0.239 e. The van der Waals surface area contributed by atoms with Gasteiger partial charge in [-0.3, -0.25) is 9.69 Å². The lowest BCUT2D eigenvalue weighted by atomic mass is 10.1. The van der Waals surface area contributed by atoms with E-state index in [4.69, 9.17) is 0 Å². The summed E-state index contributed by atoms with van der Waals surface area (Å²) < 4.78 is 14.0. The van der Waals surface area contributed by atoms with E-state index in [0.29, 0.717) is 31.6 Å². The van der Waals surface area contributed by atoms with Gasteiger partial charge in [-0.15, -0.1) is 11.3 Å². The average molecular weight is 389 g/mol. The minimum Gasteiger partial charge on any atom is -0.392 e. The summed E-state index contributed by atoms with van der Waals surface area (Å²) in [6.07, 6.45) is 0.0929. The summed E-state index contributed by atoms with van der Waals surface area (Å²) in [5.74, 6) is -0.0900. The van der Waals surface area contributed by atoms with Gasteiger partial charge in [0.25, 0.3) is 0 Å². The van der Waals surface area contributed by atoms with Crippen molar-refractivity contribution in [3.05, 3.63) is 47.1 Å². The van der Waals surface area contributed by atoms with E-state index in [1.165, 1.54) is 10.9 Å². The summed E-state index contributed by atoms with van der Waals surface area (Å²) in [4.78, 5) is 18.9. The zero-order valence-corrected chi connectivity index (χ0v) is 15.9. The fourth-order valence-corrected chi connectivity index (χ4v) is 4.82. The van der Waals surface area contributed by atoms with Gasteiger partial charge < -0.3 is 15.3 Å². The fourth-order valence-electron chi connectivity index (χ4n) is 3.74. The zero-order valence-electron chi connectivity index (χ0n) is 15.1. The van der Waals surface area contributed by atoms with E-state index in [0.717, 1.165) is 24.5 Å². The Labute approximate surface area is 162 Å². The van der Waals surface area contributed by atoms with Crippen LogP contribution in [-0.2, 0) is 11.3 Å². The van der Waals surface area contributed by atoms with E-state index >= 15 is 0 Å². The van der Waals surface area contributed by atoms with Crippen molar-refractivity contribution in [3.8, 4) is 10.4 Å². The molecule has 0 radical (unpaired) electrons. The zero-order chi connectivity index (χ0) is 18.8. The first-order valence-corrected chi connectivity index (χ1v) is 10.2. The van der Waals surface area contributed by atoms with Crippen molar-refractivity contribution >= 4 is 17.2 Å². The van der Waals surface area contributed by atoms with Crippen LogP contribution in [0.3, 0.4) is 0 Å². The van der Waals surface area contributed by atoms with Gasteiger partial charge in [-0.25, -0.2) is 4.39 Å². The monoisotopic (exact) mass is 389 g/mol. The second kappa shape index (κ2) is 8.06. The van der Waals surface area contributed by atoms with Crippen molar-refractivity contribution in [1.29, 1.82) is 0 Å². The molecule has 0 saturated carbocycles. The standard InChI is InChI=1S/C20H24FN3O2S/c21-17-4-2-1-3-16(17)19-6-5-15(27-19)13-23-7-9-24(10-8-23)20(26)18-11-14(25)12-22-18/h1-6,14,18,22,25H,7-13H2/t14-,18-/m1/s1. The fraction of sp³-hybridized carbons (Fsp3) is 0.450. The largest absolute Gasteiger partial charge is 0.392 e. The predicted octanol–water partition coefficient (Wildman–Crippen LogP) is 1.92. The number of carbonyl (C=O) groups is 1. The van der Waals surface area contributed by atoms with Crippen LogP contribution in [0, 0.1) is 5.82 Å². The van der Waals surface area contributed by atoms with Crippen LogP contribution in [0.15, 0.2) is 36.4 Å². The molecule has 0 aliphatic carbocycles. The van der Waals surface area contributed by atoms with Crippen LogP contribution in [0.1, 0.15) is 11.3 Å². The highest BCUT2D eigenvalue weighted by atomic mass is 32.1. The molecular weight excluding hydrogens is 365 g/mol. The first kappa shape index (κ1) is 18.6. The van der Waals surface area contributed by atoms with Crippen LogP contribution < -0.4 is 5.32 Å². The van der Waals surface area contributed by atoms with Gasteiger partial charge in [0.15, 0.2) is 0 Å². The molecule has 0 spiro atoms. The number of hydrogen-bond donors (Lipinski definition) is 2. The van der Waals surface area contributed by atoms with E-state index < -0.39 is 6.10 Å².